The molecule has 0 atom stereocenters. The van der Waals surface area contributed by atoms with Crippen LogP contribution in [0.1, 0.15) is 31.9 Å². The second-order valence-corrected chi connectivity index (χ2v) is 9.33. The molecule has 4 nitrogen and oxygen atoms in total. The number of aryl methyl sites for hydroxylation is 2. The molecule has 162 valence electrons. The number of rotatable bonds is 6. The number of carbonyl (C=O) groups excluding carboxylic acids is 1. The van der Waals surface area contributed by atoms with Crippen LogP contribution in [0.3, 0.4) is 0 Å². The van der Waals surface area contributed by atoms with Gasteiger partial charge in [-0.15, -0.1) is 11.3 Å². The lowest BCUT2D eigenvalue weighted by Gasteiger charge is -2.34. The van der Waals surface area contributed by atoms with Crippen LogP contribution in [0.25, 0.3) is 0 Å². The molecule has 2 aromatic carbocycles. The molecule has 1 aromatic heterocycles. The fourth-order valence-electron chi connectivity index (χ4n) is 3.73. The molecule has 0 saturated carbocycles. The van der Waals surface area contributed by atoms with Crippen LogP contribution in [-0.2, 0) is 13.2 Å². The van der Waals surface area contributed by atoms with E-state index in [1.165, 1.54) is 22.5 Å². The number of carbonyl (C=O) groups is 1. The van der Waals surface area contributed by atoms with Crippen molar-refractivity contribution >= 4 is 28.8 Å². The molecule has 0 unspecified atom stereocenters. The number of hydrogen-bond donors (Lipinski definition) is 0. The van der Waals surface area contributed by atoms with E-state index >= 15 is 0 Å². The van der Waals surface area contributed by atoms with E-state index in [1.54, 1.807) is 0 Å². The third-order valence-electron chi connectivity index (χ3n) is 5.71. The first-order valence-electron chi connectivity index (χ1n) is 10.5. The van der Waals surface area contributed by atoms with Crippen LogP contribution in [0.2, 0.25) is 5.02 Å². The quantitative estimate of drug-likeness (QED) is 0.489. The van der Waals surface area contributed by atoms with Gasteiger partial charge >= 0.3 is 0 Å². The predicted octanol–water partition coefficient (Wildman–Crippen LogP) is 5.56. The minimum atomic E-state index is 0.120. The van der Waals surface area contributed by atoms with Crippen molar-refractivity contribution in [3.05, 3.63) is 86.1 Å². The van der Waals surface area contributed by atoms with Gasteiger partial charge in [-0.25, -0.2) is 0 Å². The summed E-state index contributed by atoms with van der Waals surface area (Å²) in [5.74, 6) is 0.903. The third kappa shape index (κ3) is 5.48. The van der Waals surface area contributed by atoms with E-state index in [0.717, 1.165) is 59.5 Å². The van der Waals surface area contributed by atoms with Gasteiger partial charge in [-0.3, -0.25) is 9.69 Å². The lowest BCUT2D eigenvalue weighted by atomic mass is 10.1. The molecule has 0 radical (unpaired) electrons. The van der Waals surface area contributed by atoms with Gasteiger partial charge in [0.1, 0.15) is 12.4 Å². The Hall–Kier alpha value is -2.34. The Bertz CT molecular complexity index is 1060. The minimum absolute atomic E-state index is 0.120. The first-order chi connectivity index (χ1) is 15.0. The zero-order valence-electron chi connectivity index (χ0n) is 17.9. The monoisotopic (exact) mass is 454 g/mol. The summed E-state index contributed by atoms with van der Waals surface area (Å²) >= 11 is 7.56. The minimum Gasteiger partial charge on any atom is -0.489 e. The highest BCUT2D eigenvalue weighted by Gasteiger charge is 2.23. The van der Waals surface area contributed by atoms with Gasteiger partial charge in [-0.1, -0.05) is 35.9 Å². The van der Waals surface area contributed by atoms with E-state index in [1.807, 2.05) is 41.5 Å². The Morgan fingerprint density at radius 1 is 1.03 bits per heavy atom. The maximum Gasteiger partial charge on any atom is 0.264 e. The van der Waals surface area contributed by atoms with Crippen molar-refractivity contribution in [1.29, 1.82) is 0 Å². The molecule has 1 amide bonds. The SMILES string of the molecule is Cc1cc(OCc2csc(C(=O)N3CCN(Cc4ccccc4C)CC3)c2)ccc1Cl. The maximum atomic E-state index is 13.0. The molecular weight excluding hydrogens is 428 g/mol. The first kappa shape index (κ1) is 21.9. The largest absolute Gasteiger partial charge is 0.489 e. The highest BCUT2D eigenvalue weighted by Crippen LogP contribution is 2.24. The summed E-state index contributed by atoms with van der Waals surface area (Å²) in [6, 6.07) is 16.1. The maximum absolute atomic E-state index is 13.0. The van der Waals surface area contributed by atoms with E-state index < -0.39 is 0 Å². The number of hydrogen-bond acceptors (Lipinski definition) is 4. The topological polar surface area (TPSA) is 32.8 Å². The van der Waals surface area contributed by atoms with Crippen molar-refractivity contribution in [2.75, 3.05) is 26.2 Å². The van der Waals surface area contributed by atoms with E-state index in [9.17, 15) is 4.79 Å². The smallest absolute Gasteiger partial charge is 0.264 e. The Balaban J connectivity index is 1.29. The average molecular weight is 455 g/mol. The molecule has 2 heterocycles. The second kappa shape index (κ2) is 9.86. The molecule has 1 aliphatic rings. The van der Waals surface area contributed by atoms with Gasteiger partial charge in [0.25, 0.3) is 5.91 Å². The fourth-order valence-corrected chi connectivity index (χ4v) is 4.71. The highest BCUT2D eigenvalue weighted by molar-refractivity contribution is 7.12. The molecular formula is C25H27ClN2O2S. The summed E-state index contributed by atoms with van der Waals surface area (Å²) < 4.78 is 5.86. The Morgan fingerprint density at radius 2 is 1.81 bits per heavy atom. The highest BCUT2D eigenvalue weighted by atomic mass is 35.5. The van der Waals surface area contributed by atoms with Gasteiger partial charge < -0.3 is 9.64 Å². The predicted molar refractivity (Wildman–Crippen MR) is 127 cm³/mol. The van der Waals surface area contributed by atoms with Crippen molar-refractivity contribution in [3.8, 4) is 5.75 Å². The zero-order chi connectivity index (χ0) is 21.8. The number of piperazine rings is 1. The van der Waals surface area contributed by atoms with Crippen molar-refractivity contribution in [2.24, 2.45) is 0 Å². The fraction of sp³-hybridized carbons (Fsp3) is 0.320. The number of halogens is 1. The standard InChI is InChI=1S/C25H27ClN2O2S/c1-18-5-3-4-6-21(18)15-27-9-11-28(12-10-27)25(29)24-14-20(17-31-24)16-30-22-7-8-23(26)19(2)13-22/h3-8,13-14,17H,9-12,15-16H2,1-2H3. The molecule has 1 saturated heterocycles. The molecule has 0 N–H and O–H groups in total. The van der Waals surface area contributed by atoms with Crippen LogP contribution in [0, 0.1) is 13.8 Å². The van der Waals surface area contributed by atoms with Gasteiger partial charge in [-0.2, -0.15) is 0 Å². The molecule has 1 fully saturated rings. The molecule has 0 bridgehead atoms. The van der Waals surface area contributed by atoms with Crippen LogP contribution in [0.4, 0.5) is 0 Å². The van der Waals surface area contributed by atoms with E-state index in [-0.39, 0.29) is 5.91 Å². The van der Waals surface area contributed by atoms with Crippen molar-refractivity contribution in [3.63, 3.8) is 0 Å². The lowest BCUT2D eigenvalue weighted by Crippen LogP contribution is -2.48. The Morgan fingerprint density at radius 3 is 2.55 bits per heavy atom. The second-order valence-electron chi connectivity index (χ2n) is 8.01. The van der Waals surface area contributed by atoms with Crippen molar-refractivity contribution in [2.45, 2.75) is 27.0 Å². The normalized spacial score (nSPS) is 14.6. The summed E-state index contributed by atoms with van der Waals surface area (Å²) in [4.78, 5) is 18.1. The number of ether oxygens (including phenoxy) is 1. The molecule has 0 spiro atoms. The van der Waals surface area contributed by atoms with Gasteiger partial charge in [0, 0.05) is 43.3 Å². The number of nitrogens with zero attached hydrogens (tertiary/aromatic N) is 2. The van der Waals surface area contributed by atoms with Crippen LogP contribution < -0.4 is 4.74 Å². The van der Waals surface area contributed by atoms with Gasteiger partial charge in [-0.05, 0) is 60.2 Å². The van der Waals surface area contributed by atoms with Crippen LogP contribution in [0.15, 0.2) is 53.9 Å². The van der Waals surface area contributed by atoms with Crippen molar-refractivity contribution in [1.82, 2.24) is 9.80 Å². The average Bonchev–Trinajstić information content (AvgIpc) is 3.25. The molecule has 3 aromatic rings. The zero-order valence-corrected chi connectivity index (χ0v) is 19.5. The van der Waals surface area contributed by atoms with Gasteiger partial charge in [0.05, 0.1) is 4.88 Å². The lowest BCUT2D eigenvalue weighted by molar-refractivity contribution is 0.0633. The van der Waals surface area contributed by atoms with Crippen LogP contribution >= 0.6 is 22.9 Å². The first-order valence-corrected chi connectivity index (χ1v) is 11.8. The number of thiophene rings is 1. The Labute approximate surface area is 193 Å². The summed E-state index contributed by atoms with van der Waals surface area (Å²) in [7, 11) is 0. The molecule has 31 heavy (non-hydrogen) atoms. The van der Waals surface area contributed by atoms with E-state index in [2.05, 4.69) is 36.1 Å². The molecule has 0 aliphatic carbocycles. The Kier molecular flexibility index (Phi) is 6.96. The molecule has 6 heteroatoms. The van der Waals surface area contributed by atoms with Gasteiger partial charge in [0.2, 0.25) is 0 Å². The van der Waals surface area contributed by atoms with Crippen molar-refractivity contribution < 1.29 is 9.53 Å². The summed E-state index contributed by atoms with van der Waals surface area (Å²) in [5, 5.41) is 2.74. The third-order valence-corrected chi connectivity index (χ3v) is 7.11. The summed E-state index contributed by atoms with van der Waals surface area (Å²) in [6.07, 6.45) is 0. The number of amides is 1. The van der Waals surface area contributed by atoms with E-state index in [4.69, 9.17) is 16.3 Å². The molecule has 4 rings (SSSR count). The number of benzene rings is 2. The summed E-state index contributed by atoms with van der Waals surface area (Å²) in [5.41, 5.74) is 4.69. The van der Waals surface area contributed by atoms with Crippen LogP contribution in [0.5, 0.6) is 5.75 Å². The van der Waals surface area contributed by atoms with E-state index in [0.29, 0.717) is 6.61 Å². The van der Waals surface area contributed by atoms with Crippen LogP contribution in [-0.4, -0.2) is 41.9 Å². The summed E-state index contributed by atoms with van der Waals surface area (Å²) in [6.45, 7) is 8.82. The molecule has 1 aliphatic heterocycles. The van der Waals surface area contributed by atoms with Gasteiger partial charge in [0.15, 0.2) is 0 Å².